The Morgan fingerprint density at radius 3 is 3.00 bits per heavy atom. The van der Waals surface area contributed by atoms with Crippen LogP contribution < -0.4 is 4.90 Å². The van der Waals surface area contributed by atoms with Gasteiger partial charge in [0, 0.05) is 29.1 Å². The van der Waals surface area contributed by atoms with Crippen molar-refractivity contribution in [2.45, 2.75) is 19.1 Å². The van der Waals surface area contributed by atoms with Crippen molar-refractivity contribution in [1.29, 1.82) is 0 Å². The summed E-state index contributed by atoms with van der Waals surface area (Å²) in [6.07, 6.45) is 0.858. The van der Waals surface area contributed by atoms with Crippen LogP contribution in [0, 0.1) is 6.92 Å². The summed E-state index contributed by atoms with van der Waals surface area (Å²) < 4.78 is 17.0. The molecule has 0 fully saturated rings. The summed E-state index contributed by atoms with van der Waals surface area (Å²) in [4.78, 5) is 14.0. The molecule has 0 saturated heterocycles. The van der Waals surface area contributed by atoms with Crippen molar-refractivity contribution >= 4 is 22.4 Å². The average Bonchev–Trinajstić information content (AvgIpc) is 3.04. The van der Waals surface area contributed by atoms with E-state index in [0.29, 0.717) is 18.0 Å². The molecule has 1 atom stereocenters. The van der Waals surface area contributed by atoms with E-state index in [2.05, 4.69) is 5.16 Å². The third kappa shape index (κ3) is 3.05. The molecular formula is C15H16N2O3S. The fraction of sp³-hybridized carbons (Fsp3) is 0.333. The van der Waals surface area contributed by atoms with Crippen LogP contribution in [-0.2, 0) is 27.8 Å². The van der Waals surface area contributed by atoms with Gasteiger partial charge in [-0.3, -0.25) is 9.00 Å². The van der Waals surface area contributed by atoms with Gasteiger partial charge in [0.15, 0.2) is 0 Å². The Morgan fingerprint density at radius 2 is 2.24 bits per heavy atom. The Bertz CT molecular complexity index is 696. The highest BCUT2D eigenvalue weighted by Crippen LogP contribution is 2.27. The van der Waals surface area contributed by atoms with Crippen molar-refractivity contribution in [2.24, 2.45) is 0 Å². The molecule has 0 N–H and O–H groups in total. The van der Waals surface area contributed by atoms with Gasteiger partial charge in [-0.1, -0.05) is 23.4 Å². The molecule has 3 rings (SSSR count). The van der Waals surface area contributed by atoms with E-state index in [-0.39, 0.29) is 17.4 Å². The number of aromatic nitrogens is 1. The van der Waals surface area contributed by atoms with Crippen LogP contribution in [0.3, 0.4) is 0 Å². The number of benzene rings is 1. The summed E-state index contributed by atoms with van der Waals surface area (Å²) in [6.45, 7) is 2.45. The number of anilines is 1. The Morgan fingerprint density at radius 1 is 1.43 bits per heavy atom. The Hall–Kier alpha value is -1.95. The van der Waals surface area contributed by atoms with Crippen molar-refractivity contribution in [3.63, 3.8) is 0 Å². The van der Waals surface area contributed by atoms with Gasteiger partial charge in [-0.2, -0.15) is 0 Å². The highest BCUT2D eigenvalue weighted by molar-refractivity contribution is 7.84. The topological polar surface area (TPSA) is 63.4 Å². The molecule has 2 heterocycles. The molecule has 1 aliphatic rings. The van der Waals surface area contributed by atoms with Gasteiger partial charge in [-0.25, -0.2) is 0 Å². The summed E-state index contributed by atoms with van der Waals surface area (Å²) in [6, 6.07) is 9.59. The molecule has 0 bridgehead atoms. The van der Waals surface area contributed by atoms with E-state index in [1.54, 1.807) is 17.9 Å². The fourth-order valence-electron chi connectivity index (χ4n) is 2.51. The molecule has 1 aliphatic heterocycles. The summed E-state index contributed by atoms with van der Waals surface area (Å²) >= 11 is 0. The largest absolute Gasteiger partial charge is 0.361 e. The predicted octanol–water partition coefficient (Wildman–Crippen LogP) is 1.82. The lowest BCUT2D eigenvalue weighted by molar-refractivity contribution is -0.116. The quantitative estimate of drug-likeness (QED) is 0.864. The molecule has 5 nitrogen and oxygen atoms in total. The first-order valence-corrected chi connectivity index (χ1v) is 8.28. The Kier molecular flexibility index (Phi) is 3.88. The minimum absolute atomic E-state index is 0.0141. The number of carbonyl (C=O) groups is 1. The maximum absolute atomic E-state index is 12.3. The van der Waals surface area contributed by atoms with E-state index < -0.39 is 10.8 Å². The van der Waals surface area contributed by atoms with Gasteiger partial charge >= 0.3 is 0 Å². The number of fused-ring (bicyclic) bond motifs is 1. The third-order valence-electron chi connectivity index (χ3n) is 3.46. The van der Waals surface area contributed by atoms with Crippen LogP contribution in [0.4, 0.5) is 5.69 Å². The molecule has 2 aromatic rings. The van der Waals surface area contributed by atoms with Crippen molar-refractivity contribution in [2.75, 3.05) is 17.2 Å². The molecule has 1 amide bonds. The lowest BCUT2D eigenvalue weighted by Gasteiger charge is -2.16. The number of carbonyl (C=O) groups excluding carboxylic acids is 1. The number of hydrogen-bond donors (Lipinski definition) is 0. The van der Waals surface area contributed by atoms with Gasteiger partial charge in [0.05, 0.1) is 11.4 Å². The van der Waals surface area contributed by atoms with E-state index in [1.165, 1.54) is 5.56 Å². The monoisotopic (exact) mass is 304 g/mol. The fourth-order valence-corrected chi connectivity index (χ4v) is 3.51. The first-order chi connectivity index (χ1) is 10.1. The zero-order valence-electron chi connectivity index (χ0n) is 11.7. The molecule has 110 valence electrons. The summed E-state index contributed by atoms with van der Waals surface area (Å²) in [5, 5.41) is 3.80. The summed E-state index contributed by atoms with van der Waals surface area (Å²) in [7, 11) is -1.27. The predicted molar refractivity (Wildman–Crippen MR) is 80.5 cm³/mol. The normalized spacial score (nSPS) is 15.0. The molecule has 1 aromatic carbocycles. The van der Waals surface area contributed by atoms with Crippen LogP contribution in [0.1, 0.15) is 17.0 Å². The maximum atomic E-state index is 12.3. The summed E-state index contributed by atoms with van der Waals surface area (Å²) in [5.74, 6) is 0.846. The van der Waals surface area contributed by atoms with Crippen molar-refractivity contribution in [3.8, 4) is 0 Å². The van der Waals surface area contributed by atoms with E-state index in [9.17, 15) is 9.00 Å². The molecule has 21 heavy (non-hydrogen) atoms. The van der Waals surface area contributed by atoms with E-state index >= 15 is 0 Å². The highest BCUT2D eigenvalue weighted by atomic mass is 32.2. The maximum Gasteiger partial charge on any atom is 0.239 e. The lowest BCUT2D eigenvalue weighted by atomic mass is 10.2. The number of nitrogens with zero attached hydrogens (tertiary/aromatic N) is 2. The molecule has 1 aromatic heterocycles. The van der Waals surface area contributed by atoms with Gasteiger partial charge in [0.1, 0.15) is 11.5 Å². The minimum atomic E-state index is -1.27. The minimum Gasteiger partial charge on any atom is -0.361 e. The zero-order valence-corrected chi connectivity index (χ0v) is 12.6. The second kappa shape index (κ2) is 5.81. The molecule has 0 saturated carbocycles. The van der Waals surface area contributed by atoms with Crippen molar-refractivity contribution < 1.29 is 13.5 Å². The number of para-hydroxylation sites is 1. The van der Waals surface area contributed by atoms with Crippen molar-refractivity contribution in [1.82, 2.24) is 5.16 Å². The second-order valence-corrected chi connectivity index (χ2v) is 6.54. The summed E-state index contributed by atoms with van der Waals surface area (Å²) in [5.41, 5.74) is 2.74. The number of hydrogen-bond acceptors (Lipinski definition) is 4. The molecule has 1 unspecified atom stereocenters. The van der Waals surface area contributed by atoms with Crippen molar-refractivity contribution in [3.05, 3.63) is 47.3 Å². The van der Waals surface area contributed by atoms with Gasteiger partial charge in [-0.05, 0) is 25.0 Å². The second-order valence-electron chi connectivity index (χ2n) is 5.08. The van der Waals surface area contributed by atoms with Gasteiger partial charge in [-0.15, -0.1) is 0 Å². The van der Waals surface area contributed by atoms with Crippen LogP contribution in [0.5, 0.6) is 0 Å². The molecule has 6 heteroatoms. The standard InChI is InChI=1S/C15H16N2O3S/c1-11-8-13(16-20-11)9-21(19)10-15(18)17-7-6-12-4-2-3-5-14(12)17/h2-5,8H,6-7,9-10H2,1H3. The third-order valence-corrected chi connectivity index (χ3v) is 4.64. The van der Waals surface area contributed by atoms with E-state index in [0.717, 1.165) is 12.1 Å². The first kappa shape index (κ1) is 14.0. The number of rotatable bonds is 4. The van der Waals surface area contributed by atoms with E-state index in [4.69, 9.17) is 4.52 Å². The smallest absolute Gasteiger partial charge is 0.239 e. The van der Waals surface area contributed by atoms with Crippen LogP contribution >= 0.6 is 0 Å². The van der Waals surface area contributed by atoms with Crippen LogP contribution in [0.15, 0.2) is 34.9 Å². The zero-order chi connectivity index (χ0) is 14.8. The van der Waals surface area contributed by atoms with Gasteiger partial charge < -0.3 is 9.42 Å². The van der Waals surface area contributed by atoms with Crippen LogP contribution in [0.25, 0.3) is 0 Å². The van der Waals surface area contributed by atoms with Crippen LogP contribution in [0.2, 0.25) is 0 Å². The Balaban J connectivity index is 1.63. The number of aryl methyl sites for hydroxylation is 1. The molecule has 0 spiro atoms. The Labute approximate surface area is 125 Å². The van der Waals surface area contributed by atoms with Crippen LogP contribution in [-0.4, -0.2) is 27.6 Å². The molecule has 0 radical (unpaired) electrons. The van der Waals surface area contributed by atoms with E-state index in [1.807, 2.05) is 24.3 Å². The lowest BCUT2D eigenvalue weighted by Crippen LogP contribution is -2.33. The SMILES string of the molecule is Cc1cc(CS(=O)CC(=O)N2CCc3ccccc32)no1. The molecule has 0 aliphatic carbocycles. The van der Waals surface area contributed by atoms with Gasteiger partial charge in [0.2, 0.25) is 5.91 Å². The highest BCUT2D eigenvalue weighted by Gasteiger charge is 2.25. The average molecular weight is 304 g/mol. The number of amides is 1. The van der Waals surface area contributed by atoms with Gasteiger partial charge in [0.25, 0.3) is 0 Å². The molecular weight excluding hydrogens is 288 g/mol. The first-order valence-electron chi connectivity index (χ1n) is 6.79.